The van der Waals surface area contributed by atoms with Gasteiger partial charge in [-0.15, -0.1) is 0 Å². The van der Waals surface area contributed by atoms with E-state index in [1.165, 1.54) is 0 Å². The topological polar surface area (TPSA) is 82.7 Å². The van der Waals surface area contributed by atoms with E-state index in [0.29, 0.717) is 23.7 Å². The van der Waals surface area contributed by atoms with Gasteiger partial charge in [0.1, 0.15) is 0 Å². The molecule has 1 unspecified atom stereocenters. The van der Waals surface area contributed by atoms with Crippen LogP contribution in [-0.4, -0.2) is 44.3 Å². The lowest BCUT2D eigenvalue weighted by Crippen LogP contribution is -2.36. The molecular formula is C27H36N4O3. The van der Waals surface area contributed by atoms with Crippen molar-refractivity contribution in [3.63, 3.8) is 0 Å². The number of urea groups is 1. The van der Waals surface area contributed by atoms with E-state index in [4.69, 9.17) is 4.74 Å². The van der Waals surface area contributed by atoms with Crippen molar-refractivity contribution >= 4 is 29.0 Å². The van der Waals surface area contributed by atoms with Gasteiger partial charge in [0.25, 0.3) is 5.91 Å². The van der Waals surface area contributed by atoms with Crippen molar-refractivity contribution in [2.24, 2.45) is 5.92 Å². The number of amides is 3. The fourth-order valence-electron chi connectivity index (χ4n) is 4.59. The van der Waals surface area contributed by atoms with Crippen LogP contribution >= 0.6 is 0 Å². The van der Waals surface area contributed by atoms with Crippen LogP contribution in [0.2, 0.25) is 0 Å². The molecule has 2 aliphatic rings. The summed E-state index contributed by atoms with van der Waals surface area (Å²) in [6.45, 7) is 7.46. The fraction of sp³-hybridized carbons (Fsp3) is 0.481. The highest BCUT2D eigenvalue weighted by molar-refractivity contribution is 6.04. The third-order valence-electron chi connectivity index (χ3n) is 6.73. The van der Waals surface area contributed by atoms with Gasteiger partial charge in [0.15, 0.2) is 0 Å². The second kappa shape index (κ2) is 11.4. The predicted molar refractivity (Wildman–Crippen MR) is 137 cm³/mol. The molecule has 0 spiro atoms. The molecular weight excluding hydrogens is 428 g/mol. The summed E-state index contributed by atoms with van der Waals surface area (Å²) in [5, 5.41) is 8.81. The third kappa shape index (κ3) is 6.29. The number of hydrogen-bond donors (Lipinski definition) is 3. The average molecular weight is 465 g/mol. The highest BCUT2D eigenvalue weighted by atomic mass is 16.5. The molecule has 7 nitrogen and oxygen atoms in total. The lowest BCUT2D eigenvalue weighted by molar-refractivity contribution is 0.0858. The number of carbonyl (C=O) groups excluding carboxylic acids is 2. The predicted octanol–water partition coefficient (Wildman–Crippen LogP) is 5.04. The number of benzene rings is 2. The monoisotopic (exact) mass is 464 g/mol. The van der Waals surface area contributed by atoms with E-state index in [1.807, 2.05) is 36.4 Å². The van der Waals surface area contributed by atoms with E-state index in [1.54, 1.807) is 6.07 Å². The van der Waals surface area contributed by atoms with Gasteiger partial charge in [0, 0.05) is 43.3 Å². The number of anilines is 3. The van der Waals surface area contributed by atoms with Crippen molar-refractivity contribution in [2.75, 3.05) is 41.8 Å². The second-order valence-electron chi connectivity index (χ2n) is 9.38. The van der Waals surface area contributed by atoms with E-state index in [9.17, 15) is 9.59 Å². The number of hydrogen-bond acceptors (Lipinski definition) is 4. The Labute approximate surface area is 202 Å². The summed E-state index contributed by atoms with van der Waals surface area (Å²) < 4.78 is 5.66. The van der Waals surface area contributed by atoms with E-state index in [-0.39, 0.29) is 18.0 Å². The number of ether oxygens (including phenoxy) is 1. The number of carbonyl (C=O) groups is 2. The summed E-state index contributed by atoms with van der Waals surface area (Å²) in [5.74, 6) is 0.563. The second-order valence-corrected chi connectivity index (χ2v) is 9.38. The molecule has 0 aliphatic carbocycles. The van der Waals surface area contributed by atoms with Gasteiger partial charge >= 0.3 is 6.03 Å². The molecule has 2 aromatic rings. The first-order valence-electron chi connectivity index (χ1n) is 12.5. The molecule has 3 amide bonds. The van der Waals surface area contributed by atoms with E-state index < -0.39 is 0 Å². The van der Waals surface area contributed by atoms with E-state index >= 15 is 0 Å². The first kappa shape index (κ1) is 24.1. The normalized spacial score (nSPS) is 18.5. The molecule has 4 rings (SSSR count). The van der Waals surface area contributed by atoms with Crippen LogP contribution in [0, 0.1) is 5.92 Å². The number of aryl methyl sites for hydroxylation is 1. The van der Waals surface area contributed by atoms with Crippen LogP contribution in [0.1, 0.15) is 55.5 Å². The molecule has 0 aromatic heterocycles. The zero-order valence-corrected chi connectivity index (χ0v) is 20.2. The Hall–Kier alpha value is -3.06. The molecule has 0 radical (unpaired) electrons. The Kier molecular flexibility index (Phi) is 8.06. The number of nitrogens with zero attached hydrogens (tertiary/aromatic N) is 1. The number of rotatable bonds is 7. The zero-order valence-electron chi connectivity index (χ0n) is 20.2. The Balaban J connectivity index is 1.49. The maximum absolute atomic E-state index is 13.2. The molecule has 2 fully saturated rings. The molecule has 182 valence electrons. The maximum Gasteiger partial charge on any atom is 0.323 e. The Morgan fingerprint density at radius 2 is 1.79 bits per heavy atom. The zero-order chi connectivity index (χ0) is 23.9. The number of piperidine rings is 1. The largest absolute Gasteiger partial charge is 0.376 e. The van der Waals surface area contributed by atoms with Crippen LogP contribution in [-0.2, 0) is 11.2 Å². The fourth-order valence-corrected chi connectivity index (χ4v) is 4.59. The van der Waals surface area contributed by atoms with Gasteiger partial charge in [-0.25, -0.2) is 4.79 Å². The van der Waals surface area contributed by atoms with Gasteiger partial charge in [-0.3, -0.25) is 4.79 Å². The summed E-state index contributed by atoms with van der Waals surface area (Å²) in [4.78, 5) is 28.1. The summed E-state index contributed by atoms with van der Waals surface area (Å²) in [5.41, 5.74) is 3.98. The van der Waals surface area contributed by atoms with Crippen LogP contribution in [0.3, 0.4) is 0 Å². The molecule has 2 aliphatic heterocycles. The van der Waals surface area contributed by atoms with Gasteiger partial charge in [0.05, 0.1) is 11.7 Å². The number of nitrogens with one attached hydrogen (secondary N) is 3. The van der Waals surface area contributed by atoms with Crippen molar-refractivity contribution < 1.29 is 14.3 Å². The smallest absolute Gasteiger partial charge is 0.323 e. The summed E-state index contributed by atoms with van der Waals surface area (Å²) >= 11 is 0. The molecule has 7 heteroatoms. The van der Waals surface area contributed by atoms with Crippen molar-refractivity contribution in [1.82, 2.24) is 5.32 Å². The van der Waals surface area contributed by atoms with Crippen molar-refractivity contribution in [3.05, 3.63) is 53.6 Å². The lowest BCUT2D eigenvalue weighted by atomic mass is 9.97. The van der Waals surface area contributed by atoms with Crippen LogP contribution < -0.4 is 20.9 Å². The first-order chi connectivity index (χ1) is 16.5. The van der Waals surface area contributed by atoms with Gasteiger partial charge in [-0.1, -0.05) is 26.0 Å². The van der Waals surface area contributed by atoms with Gasteiger partial charge in [0.2, 0.25) is 0 Å². The summed E-state index contributed by atoms with van der Waals surface area (Å²) in [7, 11) is 0. The molecule has 34 heavy (non-hydrogen) atoms. The molecule has 2 saturated heterocycles. The van der Waals surface area contributed by atoms with Gasteiger partial charge in [-0.05, 0) is 73.9 Å². The maximum atomic E-state index is 13.2. The van der Waals surface area contributed by atoms with Crippen LogP contribution in [0.15, 0.2) is 42.5 Å². The Morgan fingerprint density at radius 1 is 1.03 bits per heavy atom. The molecule has 0 bridgehead atoms. The van der Waals surface area contributed by atoms with Gasteiger partial charge in [-0.2, -0.15) is 0 Å². The van der Waals surface area contributed by atoms with Crippen LogP contribution in [0.25, 0.3) is 0 Å². The SMILES string of the molecule is CCc1cccc(NC(=O)Nc2ccc(N3CCC(C)CC3)c(C(=O)NCC3CCCO3)c2)c1. The minimum Gasteiger partial charge on any atom is -0.376 e. The quantitative estimate of drug-likeness (QED) is 0.536. The Morgan fingerprint density at radius 3 is 2.50 bits per heavy atom. The third-order valence-corrected chi connectivity index (χ3v) is 6.73. The minimum atomic E-state index is -0.335. The lowest BCUT2D eigenvalue weighted by Gasteiger charge is -2.33. The molecule has 3 N–H and O–H groups in total. The van der Waals surface area contributed by atoms with Crippen LogP contribution in [0.4, 0.5) is 21.9 Å². The van der Waals surface area contributed by atoms with E-state index in [2.05, 4.69) is 34.7 Å². The summed E-state index contributed by atoms with van der Waals surface area (Å²) in [6, 6.07) is 13.0. The van der Waals surface area contributed by atoms with Crippen molar-refractivity contribution in [1.29, 1.82) is 0 Å². The van der Waals surface area contributed by atoms with Crippen molar-refractivity contribution in [2.45, 2.75) is 52.1 Å². The highest BCUT2D eigenvalue weighted by Crippen LogP contribution is 2.29. The van der Waals surface area contributed by atoms with E-state index in [0.717, 1.165) is 68.7 Å². The average Bonchev–Trinajstić information content (AvgIpc) is 3.37. The van der Waals surface area contributed by atoms with Crippen molar-refractivity contribution in [3.8, 4) is 0 Å². The molecule has 2 heterocycles. The molecule has 0 saturated carbocycles. The molecule has 1 atom stereocenters. The first-order valence-corrected chi connectivity index (χ1v) is 12.5. The van der Waals surface area contributed by atoms with Crippen LogP contribution in [0.5, 0.6) is 0 Å². The Bertz CT molecular complexity index is 995. The van der Waals surface area contributed by atoms with Gasteiger partial charge < -0.3 is 25.6 Å². The minimum absolute atomic E-state index is 0.0780. The highest BCUT2D eigenvalue weighted by Gasteiger charge is 2.23. The molecule has 2 aromatic carbocycles. The summed E-state index contributed by atoms with van der Waals surface area (Å²) in [6.07, 6.45) is 5.20. The standard InChI is InChI=1S/C27H36N4O3/c1-3-20-6-4-7-21(16-20)29-27(33)30-22-9-10-25(31-13-11-19(2)12-14-31)24(17-22)26(32)28-18-23-8-5-15-34-23/h4,6-7,9-10,16-17,19,23H,3,5,8,11-15,18H2,1-2H3,(H,28,32)(H2,29,30,33).